The van der Waals surface area contributed by atoms with Crippen LogP contribution in [0.4, 0.5) is 5.69 Å². The maximum atomic E-state index is 12.7. The molecule has 0 aliphatic carbocycles. The zero-order chi connectivity index (χ0) is 19.9. The summed E-state index contributed by atoms with van der Waals surface area (Å²) in [6.07, 6.45) is 0. The normalized spacial score (nSPS) is 10.5. The van der Waals surface area contributed by atoms with Gasteiger partial charge < -0.3 is 10.1 Å². The lowest BCUT2D eigenvalue weighted by molar-refractivity contribution is -0.118. The SMILES string of the molecule is CC(C)c1ccc(OCC(=O)Nc2ccccc2C(=O)c2ccccc2)cc1. The van der Waals surface area contributed by atoms with Gasteiger partial charge in [0.2, 0.25) is 0 Å². The highest BCUT2D eigenvalue weighted by atomic mass is 16.5. The molecule has 1 N–H and O–H groups in total. The minimum absolute atomic E-state index is 0.130. The Morgan fingerprint density at radius 2 is 1.50 bits per heavy atom. The van der Waals surface area contributed by atoms with Gasteiger partial charge in [-0.15, -0.1) is 0 Å². The van der Waals surface area contributed by atoms with Crippen LogP contribution in [0.3, 0.4) is 0 Å². The smallest absolute Gasteiger partial charge is 0.262 e. The van der Waals surface area contributed by atoms with Gasteiger partial charge in [0, 0.05) is 11.1 Å². The first-order chi connectivity index (χ1) is 13.5. The fourth-order valence-electron chi connectivity index (χ4n) is 2.82. The van der Waals surface area contributed by atoms with E-state index in [9.17, 15) is 9.59 Å². The van der Waals surface area contributed by atoms with Crippen LogP contribution in [-0.4, -0.2) is 18.3 Å². The van der Waals surface area contributed by atoms with Crippen molar-refractivity contribution in [2.45, 2.75) is 19.8 Å². The zero-order valence-electron chi connectivity index (χ0n) is 16.0. The highest BCUT2D eigenvalue weighted by Crippen LogP contribution is 2.20. The number of anilines is 1. The van der Waals surface area contributed by atoms with Gasteiger partial charge in [0.1, 0.15) is 5.75 Å². The van der Waals surface area contributed by atoms with Crippen LogP contribution < -0.4 is 10.1 Å². The molecule has 0 saturated heterocycles. The van der Waals surface area contributed by atoms with Crippen LogP contribution >= 0.6 is 0 Å². The second-order valence-electron chi connectivity index (χ2n) is 6.80. The number of hydrogen-bond acceptors (Lipinski definition) is 3. The summed E-state index contributed by atoms with van der Waals surface area (Å²) in [7, 11) is 0. The van der Waals surface area contributed by atoms with Crippen LogP contribution in [0.15, 0.2) is 78.9 Å². The van der Waals surface area contributed by atoms with Gasteiger partial charge >= 0.3 is 0 Å². The molecule has 4 nitrogen and oxygen atoms in total. The molecule has 4 heteroatoms. The van der Waals surface area contributed by atoms with Crippen molar-refractivity contribution in [2.24, 2.45) is 0 Å². The lowest BCUT2D eigenvalue weighted by Crippen LogP contribution is -2.21. The number of benzene rings is 3. The van der Waals surface area contributed by atoms with Crippen LogP contribution in [0, 0.1) is 0 Å². The van der Waals surface area contributed by atoms with Gasteiger partial charge in [-0.2, -0.15) is 0 Å². The molecule has 0 heterocycles. The van der Waals surface area contributed by atoms with E-state index in [4.69, 9.17) is 4.74 Å². The zero-order valence-corrected chi connectivity index (χ0v) is 16.0. The van der Waals surface area contributed by atoms with Crippen molar-refractivity contribution in [3.8, 4) is 5.75 Å². The molecule has 0 saturated carbocycles. The number of carbonyl (C=O) groups excluding carboxylic acids is 2. The molecule has 0 aromatic heterocycles. The Morgan fingerprint density at radius 3 is 2.18 bits per heavy atom. The van der Waals surface area contributed by atoms with Crippen molar-refractivity contribution in [3.05, 3.63) is 95.6 Å². The Labute approximate surface area is 165 Å². The molecule has 0 fully saturated rings. The van der Waals surface area contributed by atoms with E-state index in [1.165, 1.54) is 5.56 Å². The van der Waals surface area contributed by atoms with Gasteiger partial charge in [-0.25, -0.2) is 0 Å². The van der Waals surface area contributed by atoms with Gasteiger partial charge in [-0.3, -0.25) is 9.59 Å². The lowest BCUT2D eigenvalue weighted by atomic mass is 10.0. The Kier molecular flexibility index (Phi) is 6.22. The Morgan fingerprint density at radius 1 is 0.857 bits per heavy atom. The summed E-state index contributed by atoms with van der Waals surface area (Å²) in [4.78, 5) is 25.1. The second-order valence-corrected chi connectivity index (χ2v) is 6.80. The van der Waals surface area contributed by atoms with Crippen LogP contribution in [-0.2, 0) is 4.79 Å². The molecule has 1 amide bonds. The lowest BCUT2D eigenvalue weighted by Gasteiger charge is -2.12. The summed E-state index contributed by atoms with van der Waals surface area (Å²) in [5.41, 5.74) is 2.71. The molecule has 0 radical (unpaired) electrons. The highest BCUT2D eigenvalue weighted by molar-refractivity contribution is 6.13. The molecule has 0 aliphatic heterocycles. The third-order valence-electron chi connectivity index (χ3n) is 4.40. The van der Waals surface area contributed by atoms with E-state index in [1.54, 1.807) is 36.4 Å². The summed E-state index contributed by atoms with van der Waals surface area (Å²) in [5, 5.41) is 2.78. The molecule has 3 rings (SSSR count). The summed E-state index contributed by atoms with van der Waals surface area (Å²) >= 11 is 0. The predicted octanol–water partition coefficient (Wildman–Crippen LogP) is 5.06. The molecule has 0 spiro atoms. The van der Waals surface area contributed by atoms with Gasteiger partial charge in [0.15, 0.2) is 12.4 Å². The minimum atomic E-state index is -0.318. The van der Waals surface area contributed by atoms with Crippen molar-refractivity contribution < 1.29 is 14.3 Å². The van der Waals surface area contributed by atoms with Crippen LogP contribution in [0.25, 0.3) is 0 Å². The summed E-state index contributed by atoms with van der Waals surface area (Å²) in [6, 6.07) is 23.7. The van der Waals surface area contributed by atoms with E-state index < -0.39 is 0 Å². The third kappa shape index (κ3) is 4.86. The summed E-state index contributed by atoms with van der Waals surface area (Å²) < 4.78 is 5.56. The number of hydrogen-bond donors (Lipinski definition) is 1. The molecule has 0 atom stereocenters. The summed E-state index contributed by atoms with van der Waals surface area (Å²) in [6.45, 7) is 4.11. The van der Waals surface area contributed by atoms with Crippen LogP contribution in [0.1, 0.15) is 41.3 Å². The van der Waals surface area contributed by atoms with Crippen molar-refractivity contribution in [2.75, 3.05) is 11.9 Å². The van der Waals surface area contributed by atoms with Crippen LogP contribution in [0.5, 0.6) is 5.75 Å². The molecule has 0 unspecified atom stereocenters. The predicted molar refractivity (Wildman–Crippen MR) is 111 cm³/mol. The van der Waals surface area contributed by atoms with Crippen molar-refractivity contribution >= 4 is 17.4 Å². The van der Waals surface area contributed by atoms with E-state index in [2.05, 4.69) is 19.2 Å². The first kappa shape index (κ1) is 19.4. The van der Waals surface area contributed by atoms with E-state index in [0.717, 1.165) is 0 Å². The minimum Gasteiger partial charge on any atom is -0.484 e. The fourth-order valence-corrected chi connectivity index (χ4v) is 2.82. The number of nitrogens with one attached hydrogen (secondary N) is 1. The largest absolute Gasteiger partial charge is 0.484 e. The van der Waals surface area contributed by atoms with E-state index in [1.807, 2.05) is 42.5 Å². The number of ether oxygens (including phenoxy) is 1. The molecule has 3 aromatic rings. The number of ketones is 1. The molecule has 0 bridgehead atoms. The number of rotatable bonds is 7. The molecule has 3 aromatic carbocycles. The third-order valence-corrected chi connectivity index (χ3v) is 4.40. The molecular formula is C24H23NO3. The first-order valence-corrected chi connectivity index (χ1v) is 9.26. The number of carbonyl (C=O) groups is 2. The Hall–Kier alpha value is -3.40. The number of amides is 1. The van der Waals surface area contributed by atoms with E-state index in [0.29, 0.717) is 28.5 Å². The standard InChI is InChI=1S/C24H23NO3/c1-17(2)18-12-14-20(15-13-18)28-16-23(26)25-22-11-7-6-10-21(22)24(27)19-8-4-3-5-9-19/h3-15,17H,16H2,1-2H3,(H,25,26). The first-order valence-electron chi connectivity index (χ1n) is 9.26. The summed E-state index contributed by atoms with van der Waals surface area (Å²) in [5.74, 6) is 0.618. The van der Waals surface area contributed by atoms with Gasteiger partial charge in [-0.1, -0.05) is 68.4 Å². The average molecular weight is 373 g/mol. The molecule has 28 heavy (non-hydrogen) atoms. The monoisotopic (exact) mass is 373 g/mol. The second kappa shape index (κ2) is 9.00. The van der Waals surface area contributed by atoms with Crippen LogP contribution in [0.2, 0.25) is 0 Å². The maximum Gasteiger partial charge on any atom is 0.262 e. The highest BCUT2D eigenvalue weighted by Gasteiger charge is 2.15. The molecule has 142 valence electrons. The topological polar surface area (TPSA) is 55.4 Å². The average Bonchev–Trinajstić information content (AvgIpc) is 2.73. The van der Waals surface area contributed by atoms with Crippen molar-refractivity contribution in [3.63, 3.8) is 0 Å². The maximum absolute atomic E-state index is 12.7. The van der Waals surface area contributed by atoms with Gasteiger partial charge in [0.25, 0.3) is 5.91 Å². The Bertz CT molecular complexity index is 947. The van der Waals surface area contributed by atoms with Gasteiger partial charge in [-0.05, 0) is 35.7 Å². The van der Waals surface area contributed by atoms with Crippen molar-refractivity contribution in [1.29, 1.82) is 0 Å². The Balaban J connectivity index is 1.65. The van der Waals surface area contributed by atoms with E-state index in [-0.39, 0.29) is 18.3 Å². The van der Waals surface area contributed by atoms with Gasteiger partial charge in [0.05, 0.1) is 5.69 Å². The fraction of sp³-hybridized carbons (Fsp3) is 0.167. The van der Waals surface area contributed by atoms with E-state index >= 15 is 0 Å². The van der Waals surface area contributed by atoms with Crippen molar-refractivity contribution in [1.82, 2.24) is 0 Å². The molecular weight excluding hydrogens is 350 g/mol. The molecule has 0 aliphatic rings. The number of para-hydroxylation sites is 1. The quantitative estimate of drug-likeness (QED) is 0.589.